The zero-order valence-corrected chi connectivity index (χ0v) is 13.3. The first-order chi connectivity index (χ1) is 11.2. The van der Waals surface area contributed by atoms with Crippen LogP contribution in [0.2, 0.25) is 0 Å². The molecule has 5 heteroatoms. The summed E-state index contributed by atoms with van der Waals surface area (Å²) in [4.78, 5) is 13.9. The number of ether oxygens (including phenoxy) is 1. The fraction of sp³-hybridized carbons (Fsp3) is 0.500. The number of aliphatic hydroxyl groups excluding tert-OH is 1. The van der Waals surface area contributed by atoms with E-state index in [1.807, 2.05) is 24.3 Å². The van der Waals surface area contributed by atoms with Crippen molar-refractivity contribution in [3.8, 4) is 18.1 Å². The van der Waals surface area contributed by atoms with Gasteiger partial charge in [-0.3, -0.25) is 0 Å². The molecule has 0 aromatic heterocycles. The van der Waals surface area contributed by atoms with Crippen molar-refractivity contribution in [2.45, 2.75) is 19.3 Å². The number of hydrogen-bond donors (Lipinski definition) is 2. The van der Waals surface area contributed by atoms with Crippen molar-refractivity contribution in [1.82, 2.24) is 10.2 Å². The third kappa shape index (κ3) is 5.50. The highest BCUT2D eigenvalue weighted by molar-refractivity contribution is 5.74. The fourth-order valence-corrected chi connectivity index (χ4v) is 2.70. The summed E-state index contributed by atoms with van der Waals surface area (Å²) in [7, 11) is 0. The second-order valence-corrected chi connectivity index (χ2v) is 5.76. The van der Waals surface area contributed by atoms with Crippen LogP contribution in [0.3, 0.4) is 0 Å². The highest BCUT2D eigenvalue weighted by Crippen LogP contribution is 2.16. The largest absolute Gasteiger partial charge is 0.481 e. The number of amides is 2. The van der Waals surface area contributed by atoms with Gasteiger partial charge in [0.2, 0.25) is 0 Å². The molecule has 2 N–H and O–H groups in total. The summed E-state index contributed by atoms with van der Waals surface area (Å²) in [5, 5.41) is 12.2. The summed E-state index contributed by atoms with van der Waals surface area (Å²) in [6, 6.07) is 7.66. The van der Waals surface area contributed by atoms with Crippen LogP contribution in [-0.2, 0) is 6.42 Å². The molecule has 1 aromatic rings. The van der Waals surface area contributed by atoms with Gasteiger partial charge in [-0.2, -0.15) is 0 Å². The Morgan fingerprint density at radius 2 is 2.22 bits per heavy atom. The van der Waals surface area contributed by atoms with Crippen LogP contribution in [0, 0.1) is 18.3 Å². The number of aliphatic hydroxyl groups is 1. The molecule has 2 amide bonds. The minimum atomic E-state index is -0.0443. The number of hydrogen-bond acceptors (Lipinski definition) is 3. The van der Waals surface area contributed by atoms with Gasteiger partial charge in [-0.1, -0.05) is 18.1 Å². The standard InChI is InChI=1S/C18H24N2O3/c1-2-12-23-17-7-5-15(6-8-17)9-10-19-18(22)20-11-3-4-16(13-20)14-21/h1,5-8,16,21H,3-4,9-14H2,(H,19,22). The molecule has 0 aliphatic carbocycles. The number of terminal acetylenes is 1. The molecule has 1 fully saturated rings. The van der Waals surface area contributed by atoms with E-state index in [4.69, 9.17) is 11.2 Å². The number of benzene rings is 1. The number of carbonyl (C=O) groups excluding carboxylic acids is 1. The Hall–Kier alpha value is -2.19. The molecule has 1 aromatic carbocycles. The first-order valence-corrected chi connectivity index (χ1v) is 8.01. The van der Waals surface area contributed by atoms with Crippen LogP contribution in [0.25, 0.3) is 0 Å². The molecular formula is C18H24N2O3. The average molecular weight is 316 g/mol. The lowest BCUT2D eigenvalue weighted by atomic mass is 9.99. The summed E-state index contributed by atoms with van der Waals surface area (Å²) >= 11 is 0. The second kappa shape index (κ2) is 9.06. The maximum Gasteiger partial charge on any atom is 0.317 e. The van der Waals surface area contributed by atoms with E-state index in [9.17, 15) is 9.90 Å². The molecule has 0 spiro atoms. The van der Waals surface area contributed by atoms with Gasteiger partial charge in [0.25, 0.3) is 0 Å². The van der Waals surface area contributed by atoms with E-state index in [0.717, 1.165) is 37.1 Å². The predicted octanol–water partition coefficient (Wildman–Crippen LogP) is 1.66. The molecule has 1 saturated heterocycles. The van der Waals surface area contributed by atoms with Gasteiger partial charge in [0, 0.05) is 26.2 Å². The third-order valence-electron chi connectivity index (χ3n) is 4.00. The summed E-state index contributed by atoms with van der Waals surface area (Å²) in [6.45, 7) is 2.41. The van der Waals surface area contributed by atoms with E-state index in [1.165, 1.54) is 0 Å². The Morgan fingerprint density at radius 3 is 2.91 bits per heavy atom. The van der Waals surface area contributed by atoms with E-state index in [2.05, 4.69) is 11.2 Å². The van der Waals surface area contributed by atoms with Crippen LogP contribution >= 0.6 is 0 Å². The molecule has 2 rings (SSSR count). The van der Waals surface area contributed by atoms with E-state index >= 15 is 0 Å². The van der Waals surface area contributed by atoms with Gasteiger partial charge in [-0.05, 0) is 42.9 Å². The van der Waals surface area contributed by atoms with Gasteiger partial charge in [-0.15, -0.1) is 6.42 Å². The highest BCUT2D eigenvalue weighted by atomic mass is 16.5. The molecule has 1 aliphatic rings. The van der Waals surface area contributed by atoms with Gasteiger partial charge >= 0.3 is 6.03 Å². The van der Waals surface area contributed by atoms with Crippen LogP contribution in [0.15, 0.2) is 24.3 Å². The van der Waals surface area contributed by atoms with Crippen molar-refractivity contribution in [2.24, 2.45) is 5.92 Å². The van der Waals surface area contributed by atoms with Crippen LogP contribution in [-0.4, -0.2) is 48.9 Å². The summed E-state index contributed by atoms with van der Waals surface area (Å²) in [6.07, 6.45) is 7.86. The average Bonchev–Trinajstić information content (AvgIpc) is 2.61. The number of piperidine rings is 1. The SMILES string of the molecule is C#CCOc1ccc(CCNC(=O)N2CCCC(CO)C2)cc1. The monoisotopic (exact) mass is 316 g/mol. The quantitative estimate of drug-likeness (QED) is 0.785. The van der Waals surface area contributed by atoms with Crippen LogP contribution < -0.4 is 10.1 Å². The van der Waals surface area contributed by atoms with Crippen molar-refractivity contribution >= 4 is 6.03 Å². The number of urea groups is 1. The number of nitrogens with one attached hydrogen (secondary N) is 1. The molecule has 1 atom stereocenters. The fourth-order valence-electron chi connectivity index (χ4n) is 2.70. The Bertz CT molecular complexity index is 536. The zero-order chi connectivity index (χ0) is 16.5. The minimum Gasteiger partial charge on any atom is -0.481 e. The molecular weight excluding hydrogens is 292 g/mol. The molecule has 124 valence electrons. The lowest BCUT2D eigenvalue weighted by Crippen LogP contribution is -2.46. The Balaban J connectivity index is 1.72. The Morgan fingerprint density at radius 1 is 1.43 bits per heavy atom. The van der Waals surface area contributed by atoms with E-state index in [1.54, 1.807) is 4.90 Å². The van der Waals surface area contributed by atoms with Crippen molar-refractivity contribution in [1.29, 1.82) is 0 Å². The zero-order valence-electron chi connectivity index (χ0n) is 13.3. The number of likely N-dealkylation sites (tertiary alicyclic amines) is 1. The molecule has 1 heterocycles. The van der Waals surface area contributed by atoms with Crippen molar-refractivity contribution in [3.63, 3.8) is 0 Å². The minimum absolute atomic E-state index is 0.0443. The van der Waals surface area contributed by atoms with Gasteiger partial charge in [-0.25, -0.2) is 4.79 Å². The Kier molecular flexibility index (Phi) is 6.76. The summed E-state index contributed by atoms with van der Waals surface area (Å²) in [5.41, 5.74) is 1.13. The first kappa shape index (κ1) is 17.2. The molecule has 1 unspecified atom stereocenters. The van der Waals surface area contributed by atoms with E-state index in [0.29, 0.717) is 13.1 Å². The topological polar surface area (TPSA) is 61.8 Å². The van der Waals surface area contributed by atoms with Crippen LogP contribution in [0.5, 0.6) is 5.75 Å². The lowest BCUT2D eigenvalue weighted by Gasteiger charge is -2.31. The highest BCUT2D eigenvalue weighted by Gasteiger charge is 2.22. The molecule has 23 heavy (non-hydrogen) atoms. The van der Waals surface area contributed by atoms with Crippen molar-refractivity contribution in [3.05, 3.63) is 29.8 Å². The Labute approximate surface area is 137 Å². The predicted molar refractivity (Wildman–Crippen MR) is 89.3 cm³/mol. The molecule has 0 bridgehead atoms. The normalized spacial score (nSPS) is 17.4. The smallest absolute Gasteiger partial charge is 0.317 e. The second-order valence-electron chi connectivity index (χ2n) is 5.76. The van der Waals surface area contributed by atoms with Crippen molar-refractivity contribution < 1.29 is 14.6 Å². The van der Waals surface area contributed by atoms with E-state index in [-0.39, 0.29) is 25.2 Å². The van der Waals surface area contributed by atoms with Crippen molar-refractivity contribution in [2.75, 3.05) is 32.8 Å². The molecule has 1 aliphatic heterocycles. The van der Waals surface area contributed by atoms with Gasteiger partial charge in [0.15, 0.2) is 0 Å². The molecule has 0 radical (unpaired) electrons. The maximum atomic E-state index is 12.1. The number of carbonyl (C=O) groups is 1. The number of rotatable bonds is 6. The lowest BCUT2D eigenvalue weighted by molar-refractivity contribution is 0.129. The maximum absolute atomic E-state index is 12.1. The third-order valence-corrected chi connectivity index (χ3v) is 4.00. The van der Waals surface area contributed by atoms with Crippen LogP contribution in [0.1, 0.15) is 18.4 Å². The molecule has 0 saturated carbocycles. The molecule has 5 nitrogen and oxygen atoms in total. The van der Waals surface area contributed by atoms with Gasteiger partial charge in [0.05, 0.1) is 0 Å². The summed E-state index contributed by atoms with van der Waals surface area (Å²) in [5.74, 6) is 3.39. The van der Waals surface area contributed by atoms with Crippen LogP contribution in [0.4, 0.5) is 4.79 Å². The first-order valence-electron chi connectivity index (χ1n) is 8.01. The van der Waals surface area contributed by atoms with Gasteiger partial charge < -0.3 is 20.1 Å². The summed E-state index contributed by atoms with van der Waals surface area (Å²) < 4.78 is 5.32. The van der Waals surface area contributed by atoms with E-state index < -0.39 is 0 Å². The number of nitrogens with zero attached hydrogens (tertiary/aromatic N) is 1. The van der Waals surface area contributed by atoms with Gasteiger partial charge in [0.1, 0.15) is 12.4 Å².